The first-order chi connectivity index (χ1) is 10.8. The summed E-state index contributed by atoms with van der Waals surface area (Å²) in [5.74, 6) is 1.03. The van der Waals surface area contributed by atoms with Crippen LogP contribution in [0.25, 0.3) is 0 Å². The van der Waals surface area contributed by atoms with E-state index < -0.39 is 0 Å². The zero-order chi connectivity index (χ0) is 15.4. The van der Waals surface area contributed by atoms with E-state index in [1.165, 1.54) is 43.6 Å². The number of nitrogens with zero attached hydrogens (tertiary/aromatic N) is 4. The Kier molecular flexibility index (Phi) is 7.55. The highest BCUT2D eigenvalue weighted by molar-refractivity contribution is 14.0. The summed E-state index contributed by atoms with van der Waals surface area (Å²) in [6.07, 6.45) is 5.41. The molecule has 2 fully saturated rings. The highest BCUT2D eigenvalue weighted by Crippen LogP contribution is 2.20. The lowest BCUT2D eigenvalue weighted by atomic mass is 10.1. The average Bonchev–Trinajstić information content (AvgIpc) is 3.19. The van der Waals surface area contributed by atoms with Gasteiger partial charge >= 0.3 is 0 Å². The standard InChI is InChI=1S/C16H27N5S.HI/c1-13-15(22-12-19-13)10-18-16(17-2)21-9-6-14(11-21)20-7-4-3-5-8-20;/h12,14H,3-11H2,1-2H3,(H,17,18);1H. The quantitative estimate of drug-likeness (QED) is 0.438. The number of rotatable bonds is 3. The number of hydrogen-bond acceptors (Lipinski definition) is 4. The minimum atomic E-state index is 0. The van der Waals surface area contributed by atoms with Crippen molar-refractivity contribution in [2.75, 3.05) is 33.2 Å². The van der Waals surface area contributed by atoms with Gasteiger partial charge in [-0.2, -0.15) is 0 Å². The van der Waals surface area contributed by atoms with E-state index in [1.807, 2.05) is 12.6 Å². The van der Waals surface area contributed by atoms with E-state index in [1.54, 1.807) is 11.3 Å². The molecule has 5 nitrogen and oxygen atoms in total. The number of nitrogens with one attached hydrogen (secondary N) is 1. The van der Waals surface area contributed by atoms with Gasteiger partial charge in [-0.1, -0.05) is 6.42 Å². The van der Waals surface area contributed by atoms with Crippen molar-refractivity contribution in [1.29, 1.82) is 0 Å². The van der Waals surface area contributed by atoms with Gasteiger partial charge in [0.15, 0.2) is 5.96 Å². The van der Waals surface area contributed by atoms with Crippen LogP contribution in [0, 0.1) is 6.92 Å². The number of guanidine groups is 1. The van der Waals surface area contributed by atoms with E-state index >= 15 is 0 Å². The Balaban J connectivity index is 0.00000192. The Morgan fingerprint density at radius 2 is 2.13 bits per heavy atom. The van der Waals surface area contributed by atoms with E-state index in [4.69, 9.17) is 0 Å². The molecule has 0 saturated carbocycles. The molecule has 2 saturated heterocycles. The van der Waals surface area contributed by atoms with E-state index in [0.29, 0.717) is 6.04 Å². The zero-order valence-electron chi connectivity index (χ0n) is 14.1. The lowest BCUT2D eigenvalue weighted by Crippen LogP contribution is -2.44. The van der Waals surface area contributed by atoms with Crippen LogP contribution in [0.5, 0.6) is 0 Å². The van der Waals surface area contributed by atoms with Crippen molar-refractivity contribution in [2.45, 2.75) is 45.2 Å². The van der Waals surface area contributed by atoms with Gasteiger partial charge in [0.05, 0.1) is 17.7 Å². The molecule has 3 heterocycles. The first-order valence-corrected chi connectivity index (χ1v) is 9.24. The van der Waals surface area contributed by atoms with Gasteiger partial charge in [-0.3, -0.25) is 9.89 Å². The Morgan fingerprint density at radius 3 is 2.78 bits per heavy atom. The Hall–Kier alpha value is -0.410. The topological polar surface area (TPSA) is 43.8 Å². The zero-order valence-corrected chi connectivity index (χ0v) is 17.3. The summed E-state index contributed by atoms with van der Waals surface area (Å²) in [5, 5.41) is 3.51. The normalized spacial score (nSPS) is 23.0. The molecule has 0 aliphatic carbocycles. The first kappa shape index (κ1) is 18.9. The van der Waals surface area contributed by atoms with Crippen molar-refractivity contribution in [1.82, 2.24) is 20.1 Å². The monoisotopic (exact) mass is 449 g/mol. The van der Waals surface area contributed by atoms with Crippen LogP contribution in [0.15, 0.2) is 10.5 Å². The van der Waals surface area contributed by atoms with E-state index in [2.05, 4.69) is 32.0 Å². The lowest BCUT2D eigenvalue weighted by Gasteiger charge is -2.32. The number of likely N-dealkylation sites (tertiary alicyclic amines) is 2. The lowest BCUT2D eigenvalue weighted by molar-refractivity contribution is 0.168. The molecule has 2 aliphatic rings. The van der Waals surface area contributed by atoms with Gasteiger partial charge < -0.3 is 10.2 Å². The molecule has 23 heavy (non-hydrogen) atoms. The summed E-state index contributed by atoms with van der Waals surface area (Å²) < 4.78 is 0. The van der Waals surface area contributed by atoms with E-state index in [-0.39, 0.29) is 24.0 Å². The van der Waals surface area contributed by atoms with Crippen LogP contribution >= 0.6 is 35.3 Å². The summed E-state index contributed by atoms with van der Waals surface area (Å²) in [7, 11) is 1.89. The molecule has 1 N–H and O–H groups in total. The summed E-state index contributed by atoms with van der Waals surface area (Å²) in [6.45, 7) is 7.69. The van der Waals surface area contributed by atoms with Crippen LogP contribution < -0.4 is 5.32 Å². The summed E-state index contributed by atoms with van der Waals surface area (Å²) in [5.41, 5.74) is 3.04. The predicted molar refractivity (Wildman–Crippen MR) is 108 cm³/mol. The molecule has 0 spiro atoms. The highest BCUT2D eigenvalue weighted by Gasteiger charge is 2.29. The fraction of sp³-hybridized carbons (Fsp3) is 0.750. The number of piperidine rings is 1. The number of aryl methyl sites for hydroxylation is 1. The maximum Gasteiger partial charge on any atom is 0.193 e. The number of halogens is 1. The van der Waals surface area contributed by atoms with Crippen LogP contribution in [0.3, 0.4) is 0 Å². The van der Waals surface area contributed by atoms with Crippen LogP contribution in [-0.4, -0.2) is 60.0 Å². The molecule has 0 radical (unpaired) electrons. The van der Waals surface area contributed by atoms with Crippen LogP contribution in [0.2, 0.25) is 0 Å². The number of thiazole rings is 1. The molecular formula is C16H28IN5S. The second kappa shape index (κ2) is 9.17. The molecule has 3 rings (SSSR count). The fourth-order valence-corrected chi connectivity index (χ4v) is 4.22. The van der Waals surface area contributed by atoms with Gasteiger partial charge in [0.2, 0.25) is 0 Å². The predicted octanol–water partition coefficient (Wildman–Crippen LogP) is 2.71. The minimum absolute atomic E-state index is 0. The van der Waals surface area contributed by atoms with Gasteiger partial charge in [0, 0.05) is 31.1 Å². The molecule has 0 bridgehead atoms. The third kappa shape index (κ3) is 4.79. The van der Waals surface area contributed by atoms with Gasteiger partial charge in [0.1, 0.15) is 0 Å². The smallest absolute Gasteiger partial charge is 0.193 e. The van der Waals surface area contributed by atoms with E-state index in [0.717, 1.165) is 31.3 Å². The number of hydrogen-bond donors (Lipinski definition) is 1. The number of aromatic nitrogens is 1. The summed E-state index contributed by atoms with van der Waals surface area (Å²) >= 11 is 1.71. The molecule has 7 heteroatoms. The van der Waals surface area contributed by atoms with Crippen molar-refractivity contribution >= 4 is 41.3 Å². The summed E-state index contributed by atoms with van der Waals surface area (Å²) in [6, 6.07) is 0.712. The SMILES string of the molecule is CN=C(NCc1scnc1C)N1CCC(N2CCCCC2)C1.I. The van der Waals surface area contributed by atoms with Crippen molar-refractivity contribution in [3.8, 4) is 0 Å². The van der Waals surface area contributed by atoms with Gasteiger partial charge in [-0.25, -0.2) is 4.98 Å². The maximum absolute atomic E-state index is 4.48. The molecule has 1 atom stereocenters. The van der Waals surface area contributed by atoms with Crippen LogP contribution in [0.4, 0.5) is 0 Å². The fourth-order valence-electron chi connectivity index (χ4n) is 3.50. The molecule has 1 aromatic heterocycles. The van der Waals surface area contributed by atoms with Crippen molar-refractivity contribution < 1.29 is 0 Å². The maximum atomic E-state index is 4.48. The molecule has 0 amide bonds. The van der Waals surface area contributed by atoms with Crippen LogP contribution in [0.1, 0.15) is 36.3 Å². The van der Waals surface area contributed by atoms with Gasteiger partial charge in [0.25, 0.3) is 0 Å². The van der Waals surface area contributed by atoms with Gasteiger partial charge in [-0.05, 0) is 39.3 Å². The Bertz CT molecular complexity index is 512. The second-order valence-electron chi connectivity index (χ2n) is 6.25. The minimum Gasteiger partial charge on any atom is -0.351 e. The van der Waals surface area contributed by atoms with E-state index in [9.17, 15) is 0 Å². The molecule has 2 aliphatic heterocycles. The van der Waals surface area contributed by atoms with Crippen molar-refractivity contribution in [3.05, 3.63) is 16.1 Å². The molecule has 130 valence electrons. The first-order valence-electron chi connectivity index (χ1n) is 8.36. The molecular weight excluding hydrogens is 421 g/mol. The third-order valence-corrected chi connectivity index (χ3v) is 5.77. The Morgan fingerprint density at radius 1 is 1.35 bits per heavy atom. The molecule has 0 aromatic carbocycles. The highest BCUT2D eigenvalue weighted by atomic mass is 127. The summed E-state index contributed by atoms with van der Waals surface area (Å²) in [4.78, 5) is 15.2. The largest absolute Gasteiger partial charge is 0.351 e. The average molecular weight is 449 g/mol. The van der Waals surface area contributed by atoms with Crippen molar-refractivity contribution in [2.24, 2.45) is 4.99 Å². The molecule has 1 aromatic rings. The Labute approximate surface area is 160 Å². The van der Waals surface area contributed by atoms with Gasteiger partial charge in [-0.15, -0.1) is 35.3 Å². The second-order valence-corrected chi connectivity index (χ2v) is 7.19. The molecule has 1 unspecified atom stereocenters. The van der Waals surface area contributed by atoms with Crippen LogP contribution in [-0.2, 0) is 6.54 Å². The number of aliphatic imine (C=N–C) groups is 1. The van der Waals surface area contributed by atoms with Crippen molar-refractivity contribution in [3.63, 3.8) is 0 Å². The third-order valence-electron chi connectivity index (χ3n) is 4.83.